The van der Waals surface area contributed by atoms with E-state index in [9.17, 15) is 0 Å². The first kappa shape index (κ1) is 10.9. The fourth-order valence-corrected chi connectivity index (χ4v) is 1.75. The molecule has 84 valence electrons. The highest BCUT2D eigenvalue weighted by Crippen LogP contribution is 1.92. The summed E-state index contributed by atoms with van der Waals surface area (Å²) in [5, 5.41) is 0. The molecule has 0 fully saturated rings. The molecule has 0 unspecified atom stereocenters. The molecule has 0 aliphatic carbocycles. The molecule has 0 spiro atoms. The molecular formula is C13H19N3+2. The predicted molar refractivity (Wildman–Crippen MR) is 61.6 cm³/mol. The maximum Gasteiger partial charge on any atom is 0.243 e. The van der Waals surface area contributed by atoms with Crippen LogP contribution < -0.4 is 9.13 Å². The van der Waals surface area contributed by atoms with Crippen LogP contribution in [-0.2, 0) is 20.1 Å². The molecule has 0 aliphatic rings. The van der Waals surface area contributed by atoms with Crippen molar-refractivity contribution in [3.63, 3.8) is 0 Å². The molecule has 0 amide bonds. The first-order valence-electron chi connectivity index (χ1n) is 5.71. The second kappa shape index (κ2) is 4.92. The monoisotopic (exact) mass is 217 g/mol. The van der Waals surface area contributed by atoms with E-state index in [0.717, 1.165) is 19.5 Å². The zero-order valence-corrected chi connectivity index (χ0v) is 10.0. The van der Waals surface area contributed by atoms with Crippen LogP contribution in [0.1, 0.15) is 12.0 Å². The molecule has 0 saturated heterocycles. The molecule has 0 atom stereocenters. The zero-order chi connectivity index (χ0) is 11.4. The summed E-state index contributed by atoms with van der Waals surface area (Å²) >= 11 is 0. The SMILES string of the molecule is Cc1cc[n+](CCCn2cc[n+](C)c2)cc1. The Balaban J connectivity index is 1.82. The molecule has 0 saturated carbocycles. The van der Waals surface area contributed by atoms with Gasteiger partial charge in [-0.15, -0.1) is 0 Å². The van der Waals surface area contributed by atoms with Gasteiger partial charge in [-0.2, -0.15) is 0 Å². The van der Waals surface area contributed by atoms with Crippen molar-refractivity contribution in [3.8, 4) is 0 Å². The molecule has 0 bridgehead atoms. The van der Waals surface area contributed by atoms with Crippen molar-refractivity contribution in [2.75, 3.05) is 0 Å². The molecule has 0 aliphatic heterocycles. The molecule has 2 rings (SSSR count). The Morgan fingerprint density at radius 3 is 2.56 bits per heavy atom. The average molecular weight is 217 g/mol. The van der Waals surface area contributed by atoms with Gasteiger partial charge >= 0.3 is 0 Å². The van der Waals surface area contributed by atoms with E-state index in [-0.39, 0.29) is 0 Å². The summed E-state index contributed by atoms with van der Waals surface area (Å²) in [5.74, 6) is 0. The summed E-state index contributed by atoms with van der Waals surface area (Å²) in [6.07, 6.45) is 11.7. The van der Waals surface area contributed by atoms with E-state index >= 15 is 0 Å². The lowest BCUT2D eigenvalue weighted by molar-refractivity contribution is -0.697. The topological polar surface area (TPSA) is 12.7 Å². The van der Waals surface area contributed by atoms with Gasteiger partial charge in [-0.1, -0.05) is 0 Å². The van der Waals surface area contributed by atoms with Crippen molar-refractivity contribution in [1.29, 1.82) is 0 Å². The smallest absolute Gasteiger partial charge is 0.240 e. The van der Waals surface area contributed by atoms with E-state index in [2.05, 4.69) is 63.9 Å². The number of hydrogen-bond acceptors (Lipinski definition) is 0. The van der Waals surface area contributed by atoms with Crippen molar-refractivity contribution in [2.45, 2.75) is 26.4 Å². The second-order valence-electron chi connectivity index (χ2n) is 4.28. The van der Waals surface area contributed by atoms with E-state index in [1.165, 1.54) is 5.56 Å². The fourth-order valence-electron chi connectivity index (χ4n) is 1.75. The molecule has 0 aromatic carbocycles. The Hall–Kier alpha value is -1.64. The summed E-state index contributed by atoms with van der Waals surface area (Å²) in [6.45, 7) is 4.26. The number of nitrogens with zero attached hydrogens (tertiary/aromatic N) is 3. The van der Waals surface area contributed by atoms with Crippen molar-refractivity contribution in [3.05, 3.63) is 48.8 Å². The number of imidazole rings is 1. The highest BCUT2D eigenvalue weighted by molar-refractivity contribution is 5.03. The minimum absolute atomic E-state index is 1.07. The van der Waals surface area contributed by atoms with Gasteiger partial charge < -0.3 is 0 Å². The van der Waals surface area contributed by atoms with Gasteiger partial charge in [0.15, 0.2) is 18.9 Å². The summed E-state index contributed by atoms with van der Waals surface area (Å²) in [7, 11) is 2.05. The van der Waals surface area contributed by atoms with Crippen LogP contribution in [0.2, 0.25) is 0 Å². The predicted octanol–water partition coefficient (Wildman–Crippen LogP) is 0.999. The Morgan fingerprint density at radius 2 is 1.94 bits per heavy atom. The van der Waals surface area contributed by atoms with E-state index in [4.69, 9.17) is 0 Å². The van der Waals surface area contributed by atoms with Crippen LogP contribution in [0, 0.1) is 6.92 Å². The van der Waals surface area contributed by atoms with Gasteiger partial charge in [0.2, 0.25) is 6.33 Å². The number of rotatable bonds is 4. The van der Waals surface area contributed by atoms with Gasteiger partial charge in [0.25, 0.3) is 0 Å². The molecule has 0 radical (unpaired) electrons. The van der Waals surface area contributed by atoms with Gasteiger partial charge in [0.1, 0.15) is 12.4 Å². The summed E-state index contributed by atoms with van der Waals surface area (Å²) in [4.78, 5) is 0. The third-order valence-electron chi connectivity index (χ3n) is 2.71. The average Bonchev–Trinajstić information content (AvgIpc) is 2.67. The van der Waals surface area contributed by atoms with Crippen LogP contribution in [-0.4, -0.2) is 4.57 Å². The molecule has 16 heavy (non-hydrogen) atoms. The van der Waals surface area contributed by atoms with Crippen molar-refractivity contribution in [1.82, 2.24) is 4.57 Å². The van der Waals surface area contributed by atoms with Crippen LogP contribution in [0.4, 0.5) is 0 Å². The Morgan fingerprint density at radius 1 is 1.19 bits per heavy atom. The molecule has 2 heterocycles. The number of aryl methyl sites for hydroxylation is 4. The third kappa shape index (κ3) is 2.92. The Bertz CT molecular complexity index is 442. The lowest BCUT2D eigenvalue weighted by Crippen LogP contribution is -2.33. The van der Waals surface area contributed by atoms with E-state index in [1.54, 1.807) is 0 Å². The summed E-state index contributed by atoms with van der Waals surface area (Å²) < 4.78 is 6.52. The van der Waals surface area contributed by atoms with Crippen LogP contribution in [0.15, 0.2) is 43.2 Å². The highest BCUT2D eigenvalue weighted by atomic mass is 15.1. The number of pyridine rings is 1. The van der Waals surface area contributed by atoms with Crippen LogP contribution in [0.25, 0.3) is 0 Å². The maximum atomic E-state index is 2.23. The van der Waals surface area contributed by atoms with Gasteiger partial charge in [-0.25, -0.2) is 13.7 Å². The molecule has 2 aromatic rings. The van der Waals surface area contributed by atoms with Crippen LogP contribution in [0.3, 0.4) is 0 Å². The molecule has 3 heteroatoms. The maximum absolute atomic E-state index is 2.23. The molecule has 0 N–H and O–H groups in total. The Labute approximate surface area is 96.6 Å². The second-order valence-corrected chi connectivity index (χ2v) is 4.28. The van der Waals surface area contributed by atoms with Crippen molar-refractivity contribution >= 4 is 0 Å². The molecule has 3 nitrogen and oxygen atoms in total. The minimum atomic E-state index is 1.07. The lowest BCUT2D eigenvalue weighted by atomic mass is 10.3. The number of aromatic nitrogens is 3. The Kier molecular flexibility index (Phi) is 3.34. The summed E-state index contributed by atoms with van der Waals surface area (Å²) in [6, 6.07) is 4.30. The van der Waals surface area contributed by atoms with Gasteiger partial charge in [0, 0.05) is 18.6 Å². The van der Waals surface area contributed by atoms with Gasteiger partial charge in [-0.3, -0.25) is 0 Å². The van der Waals surface area contributed by atoms with E-state index in [0.29, 0.717) is 0 Å². The number of hydrogen-bond donors (Lipinski definition) is 0. The zero-order valence-electron chi connectivity index (χ0n) is 10.0. The standard InChI is InChI=1S/C13H19N3/c1-13-4-8-15(9-5-13)6-3-7-16-11-10-14(2)12-16/h4-5,8-12H,3,6-7H2,1-2H3/q+2. The third-order valence-corrected chi connectivity index (χ3v) is 2.71. The molecular weight excluding hydrogens is 198 g/mol. The van der Waals surface area contributed by atoms with Gasteiger partial charge in [0.05, 0.1) is 13.6 Å². The van der Waals surface area contributed by atoms with Crippen molar-refractivity contribution in [2.24, 2.45) is 7.05 Å². The summed E-state index contributed by atoms with van der Waals surface area (Å²) in [5.41, 5.74) is 1.31. The molecule has 2 aromatic heterocycles. The van der Waals surface area contributed by atoms with Crippen LogP contribution >= 0.6 is 0 Å². The first-order valence-corrected chi connectivity index (χ1v) is 5.71. The quantitative estimate of drug-likeness (QED) is 0.678. The lowest BCUT2D eigenvalue weighted by Gasteiger charge is -1.96. The minimum Gasteiger partial charge on any atom is -0.240 e. The first-order chi connectivity index (χ1) is 7.74. The normalized spacial score (nSPS) is 10.6. The van der Waals surface area contributed by atoms with Crippen molar-refractivity contribution < 1.29 is 9.13 Å². The van der Waals surface area contributed by atoms with Gasteiger partial charge in [-0.05, 0) is 12.5 Å². The van der Waals surface area contributed by atoms with Crippen LogP contribution in [0.5, 0.6) is 0 Å². The van der Waals surface area contributed by atoms with E-state index in [1.807, 2.05) is 7.05 Å². The van der Waals surface area contributed by atoms with E-state index < -0.39 is 0 Å². The fraction of sp³-hybridized carbons (Fsp3) is 0.385. The largest absolute Gasteiger partial charge is 0.243 e. The highest BCUT2D eigenvalue weighted by Gasteiger charge is 2.03.